The monoisotopic (exact) mass is 210 g/mol. The average molecular weight is 211 g/mol. The van der Waals surface area contributed by atoms with Gasteiger partial charge < -0.3 is 10.3 Å². The Balaban J connectivity index is 2.83. The lowest BCUT2D eigenvalue weighted by atomic mass is 10.0. The number of nitrogens with zero attached hydrogens (tertiary/aromatic N) is 1. The van der Waals surface area contributed by atoms with Gasteiger partial charge in [-0.1, -0.05) is 36.7 Å². The fraction of sp³-hybridized carbons (Fsp3) is 0.300. The number of benzene rings is 1. The summed E-state index contributed by atoms with van der Waals surface area (Å²) in [6, 6.07) is 3.77. The standard InChI is InChI=1S/C10H11ClN2O/c1-5(2)6-3-4-7(11)8-9(6)14-13-10(8)12/h3-5H,1-2H3,(H2,12,13). The lowest BCUT2D eigenvalue weighted by Gasteiger charge is -2.05. The lowest BCUT2D eigenvalue weighted by molar-refractivity contribution is 0.457. The zero-order valence-corrected chi connectivity index (χ0v) is 8.80. The molecule has 0 spiro atoms. The molecule has 14 heavy (non-hydrogen) atoms. The van der Waals surface area contributed by atoms with Gasteiger partial charge in [-0.25, -0.2) is 0 Å². The topological polar surface area (TPSA) is 52.0 Å². The Labute approximate surface area is 86.8 Å². The first-order valence-corrected chi connectivity index (χ1v) is 4.82. The molecule has 0 bridgehead atoms. The van der Waals surface area contributed by atoms with Crippen molar-refractivity contribution in [1.82, 2.24) is 5.16 Å². The third kappa shape index (κ3) is 1.24. The Morgan fingerprint density at radius 1 is 1.43 bits per heavy atom. The number of nitrogens with two attached hydrogens (primary N) is 1. The Morgan fingerprint density at radius 3 is 2.79 bits per heavy atom. The van der Waals surface area contributed by atoms with Crippen LogP contribution in [0.15, 0.2) is 16.7 Å². The molecule has 0 saturated carbocycles. The molecular formula is C10H11ClN2O. The van der Waals surface area contributed by atoms with Crippen molar-refractivity contribution in [3.8, 4) is 0 Å². The van der Waals surface area contributed by atoms with E-state index in [0.29, 0.717) is 22.3 Å². The van der Waals surface area contributed by atoms with Crippen molar-refractivity contribution in [3.05, 3.63) is 22.7 Å². The number of rotatable bonds is 1. The summed E-state index contributed by atoms with van der Waals surface area (Å²) in [5, 5.41) is 5.02. The first-order chi connectivity index (χ1) is 6.61. The maximum Gasteiger partial charge on any atom is 0.176 e. The van der Waals surface area contributed by atoms with Gasteiger partial charge in [-0.05, 0) is 12.0 Å². The van der Waals surface area contributed by atoms with Gasteiger partial charge in [0.25, 0.3) is 0 Å². The minimum absolute atomic E-state index is 0.354. The fourth-order valence-corrected chi connectivity index (χ4v) is 1.75. The predicted octanol–water partition coefficient (Wildman–Crippen LogP) is 3.19. The number of fused-ring (bicyclic) bond motifs is 1. The molecule has 2 aromatic rings. The van der Waals surface area contributed by atoms with Gasteiger partial charge in [-0.2, -0.15) is 0 Å². The van der Waals surface area contributed by atoms with Crippen LogP contribution in [0.4, 0.5) is 5.82 Å². The van der Waals surface area contributed by atoms with E-state index in [0.717, 1.165) is 10.9 Å². The number of aromatic nitrogens is 1. The highest BCUT2D eigenvalue weighted by molar-refractivity contribution is 6.36. The summed E-state index contributed by atoms with van der Waals surface area (Å²) in [5.41, 5.74) is 7.43. The van der Waals surface area contributed by atoms with E-state index in [2.05, 4.69) is 19.0 Å². The minimum Gasteiger partial charge on any atom is -0.380 e. The first-order valence-electron chi connectivity index (χ1n) is 4.44. The van der Waals surface area contributed by atoms with Gasteiger partial charge in [-0.3, -0.25) is 0 Å². The van der Waals surface area contributed by atoms with Crippen LogP contribution in [-0.2, 0) is 0 Å². The van der Waals surface area contributed by atoms with Crippen LogP contribution in [0.5, 0.6) is 0 Å². The number of halogens is 1. The lowest BCUT2D eigenvalue weighted by Crippen LogP contribution is -1.89. The molecule has 0 aliphatic carbocycles. The van der Waals surface area contributed by atoms with Gasteiger partial charge in [-0.15, -0.1) is 0 Å². The van der Waals surface area contributed by atoms with Crippen molar-refractivity contribution in [2.75, 3.05) is 5.73 Å². The van der Waals surface area contributed by atoms with E-state index in [-0.39, 0.29) is 0 Å². The third-order valence-corrected chi connectivity index (χ3v) is 2.57. The van der Waals surface area contributed by atoms with Crippen molar-refractivity contribution in [2.45, 2.75) is 19.8 Å². The van der Waals surface area contributed by atoms with E-state index in [1.54, 1.807) is 0 Å². The summed E-state index contributed by atoms with van der Waals surface area (Å²) in [7, 11) is 0. The summed E-state index contributed by atoms with van der Waals surface area (Å²) in [5.74, 6) is 0.717. The maximum atomic E-state index is 6.00. The number of hydrogen-bond acceptors (Lipinski definition) is 3. The van der Waals surface area contributed by atoms with E-state index >= 15 is 0 Å². The van der Waals surface area contributed by atoms with Crippen LogP contribution in [0.3, 0.4) is 0 Å². The summed E-state index contributed by atoms with van der Waals surface area (Å²) in [6.07, 6.45) is 0. The second-order valence-corrected chi connectivity index (χ2v) is 3.97. The van der Waals surface area contributed by atoms with Crippen molar-refractivity contribution in [3.63, 3.8) is 0 Å². The van der Waals surface area contributed by atoms with Gasteiger partial charge in [0, 0.05) is 5.56 Å². The molecule has 3 nitrogen and oxygen atoms in total. The van der Waals surface area contributed by atoms with E-state index < -0.39 is 0 Å². The highest BCUT2D eigenvalue weighted by Crippen LogP contribution is 2.33. The summed E-state index contributed by atoms with van der Waals surface area (Å²) >= 11 is 6.00. The number of nitrogen functional groups attached to an aromatic ring is 1. The molecule has 1 heterocycles. The zero-order chi connectivity index (χ0) is 10.3. The van der Waals surface area contributed by atoms with Crippen molar-refractivity contribution in [1.29, 1.82) is 0 Å². The van der Waals surface area contributed by atoms with E-state index in [1.165, 1.54) is 0 Å². The largest absolute Gasteiger partial charge is 0.380 e. The van der Waals surface area contributed by atoms with Gasteiger partial charge in [0.05, 0.1) is 10.4 Å². The SMILES string of the molecule is CC(C)c1ccc(Cl)c2c(N)noc12. The van der Waals surface area contributed by atoms with Crippen LogP contribution >= 0.6 is 11.6 Å². The Hall–Kier alpha value is -1.22. The molecule has 0 atom stereocenters. The van der Waals surface area contributed by atoms with Crippen LogP contribution < -0.4 is 5.73 Å². The highest BCUT2D eigenvalue weighted by atomic mass is 35.5. The molecule has 2 rings (SSSR count). The number of hydrogen-bond donors (Lipinski definition) is 1. The molecule has 4 heteroatoms. The van der Waals surface area contributed by atoms with E-state index in [4.69, 9.17) is 21.9 Å². The number of anilines is 1. The van der Waals surface area contributed by atoms with Gasteiger partial charge in [0.2, 0.25) is 0 Å². The Kier molecular flexibility index (Phi) is 2.11. The first kappa shape index (κ1) is 9.34. The quantitative estimate of drug-likeness (QED) is 0.787. The van der Waals surface area contributed by atoms with Crippen molar-refractivity contribution >= 4 is 28.4 Å². The fourth-order valence-electron chi connectivity index (χ4n) is 1.51. The van der Waals surface area contributed by atoms with Gasteiger partial charge in [0.15, 0.2) is 11.4 Å². The summed E-state index contributed by atoms with van der Waals surface area (Å²) < 4.78 is 5.16. The van der Waals surface area contributed by atoms with Crippen molar-refractivity contribution in [2.24, 2.45) is 0 Å². The molecule has 0 unspecified atom stereocenters. The molecule has 0 aliphatic heterocycles. The van der Waals surface area contributed by atoms with Crippen LogP contribution in [0.2, 0.25) is 5.02 Å². The maximum absolute atomic E-state index is 6.00. The van der Waals surface area contributed by atoms with Crippen LogP contribution in [0, 0.1) is 0 Å². The van der Waals surface area contributed by atoms with Crippen LogP contribution in [0.25, 0.3) is 11.0 Å². The second-order valence-electron chi connectivity index (χ2n) is 3.56. The smallest absolute Gasteiger partial charge is 0.176 e. The summed E-state index contributed by atoms with van der Waals surface area (Å²) in [6.45, 7) is 4.17. The second kappa shape index (κ2) is 3.17. The molecule has 0 fully saturated rings. The van der Waals surface area contributed by atoms with Crippen LogP contribution in [-0.4, -0.2) is 5.16 Å². The van der Waals surface area contributed by atoms with Gasteiger partial charge >= 0.3 is 0 Å². The molecule has 0 aliphatic rings. The zero-order valence-electron chi connectivity index (χ0n) is 8.04. The molecule has 2 N–H and O–H groups in total. The average Bonchev–Trinajstić information content (AvgIpc) is 2.49. The third-order valence-electron chi connectivity index (χ3n) is 2.25. The minimum atomic E-state index is 0.354. The Morgan fingerprint density at radius 2 is 2.14 bits per heavy atom. The van der Waals surface area contributed by atoms with E-state index in [9.17, 15) is 0 Å². The molecule has 0 saturated heterocycles. The molecular weight excluding hydrogens is 200 g/mol. The molecule has 74 valence electrons. The highest BCUT2D eigenvalue weighted by Gasteiger charge is 2.14. The predicted molar refractivity (Wildman–Crippen MR) is 57.5 cm³/mol. The molecule has 0 amide bonds. The van der Waals surface area contributed by atoms with Crippen LogP contribution in [0.1, 0.15) is 25.3 Å². The van der Waals surface area contributed by atoms with E-state index in [1.807, 2.05) is 12.1 Å². The summed E-state index contributed by atoms with van der Waals surface area (Å²) in [4.78, 5) is 0. The molecule has 1 aromatic carbocycles. The molecule has 0 radical (unpaired) electrons. The molecule has 1 aromatic heterocycles. The Bertz CT molecular complexity index is 476. The van der Waals surface area contributed by atoms with Crippen molar-refractivity contribution < 1.29 is 4.52 Å². The normalized spacial score (nSPS) is 11.4. The van der Waals surface area contributed by atoms with Gasteiger partial charge in [0.1, 0.15) is 0 Å².